The highest BCUT2D eigenvalue weighted by atomic mass is 19.4. The zero-order chi connectivity index (χ0) is 28.6. The highest BCUT2D eigenvalue weighted by Crippen LogP contribution is 2.31. The third-order valence-corrected chi connectivity index (χ3v) is 6.74. The maximum absolute atomic E-state index is 13.0. The van der Waals surface area contributed by atoms with Crippen molar-refractivity contribution in [2.45, 2.75) is 26.2 Å². The molecule has 2 aromatic carbocycles. The van der Waals surface area contributed by atoms with E-state index in [0.29, 0.717) is 16.9 Å². The van der Waals surface area contributed by atoms with Crippen LogP contribution in [0.3, 0.4) is 0 Å². The molecule has 0 radical (unpaired) electrons. The van der Waals surface area contributed by atoms with Crippen LogP contribution in [0.25, 0.3) is 5.65 Å². The van der Waals surface area contributed by atoms with E-state index in [4.69, 9.17) is 0 Å². The first-order valence-electron chi connectivity index (χ1n) is 12.9. The lowest BCUT2D eigenvalue weighted by atomic mass is 10.0. The molecule has 0 aliphatic carbocycles. The Morgan fingerprint density at radius 3 is 2.78 bits per heavy atom. The minimum absolute atomic E-state index is 0.0561. The normalized spacial score (nSPS) is 12.9. The van der Waals surface area contributed by atoms with Crippen LogP contribution in [0.5, 0.6) is 0 Å². The summed E-state index contributed by atoms with van der Waals surface area (Å²) in [6, 6.07) is 15.3. The van der Waals surface area contributed by atoms with E-state index in [9.17, 15) is 18.0 Å². The topological polar surface area (TPSA) is 88.3 Å². The molecule has 0 saturated heterocycles. The Morgan fingerprint density at radius 1 is 1.07 bits per heavy atom. The largest absolute Gasteiger partial charge is 0.416 e. The molecule has 1 amide bonds. The summed E-state index contributed by atoms with van der Waals surface area (Å²) in [5.74, 6) is 6.46. The van der Waals surface area contributed by atoms with E-state index in [1.807, 2.05) is 40.4 Å². The van der Waals surface area contributed by atoms with Gasteiger partial charge in [0.15, 0.2) is 11.5 Å². The Hall–Kier alpha value is -5.08. The molecule has 0 bridgehead atoms. The lowest BCUT2D eigenvalue weighted by Gasteiger charge is -2.13. The minimum atomic E-state index is -4.50. The van der Waals surface area contributed by atoms with Crippen LogP contribution >= 0.6 is 0 Å². The van der Waals surface area contributed by atoms with Gasteiger partial charge in [0.1, 0.15) is 5.69 Å². The van der Waals surface area contributed by atoms with Crippen molar-refractivity contribution in [2.24, 2.45) is 0 Å². The third-order valence-electron chi connectivity index (χ3n) is 6.74. The quantitative estimate of drug-likeness (QED) is 0.260. The fourth-order valence-corrected chi connectivity index (χ4v) is 4.60. The van der Waals surface area contributed by atoms with Crippen molar-refractivity contribution in [3.8, 4) is 11.8 Å². The number of nitrogens with zero attached hydrogens (tertiary/aromatic N) is 4. The van der Waals surface area contributed by atoms with Gasteiger partial charge in [0, 0.05) is 42.2 Å². The zero-order valence-electron chi connectivity index (χ0n) is 21.9. The molecule has 5 aromatic rings. The first-order valence-corrected chi connectivity index (χ1v) is 12.9. The molecule has 4 heterocycles. The smallest absolute Gasteiger partial charge is 0.336 e. The first-order chi connectivity index (χ1) is 19.7. The highest BCUT2D eigenvalue weighted by molar-refractivity contribution is 6.04. The van der Waals surface area contributed by atoms with Gasteiger partial charge in [-0.25, -0.2) is 4.98 Å². The lowest BCUT2D eigenvalue weighted by molar-refractivity contribution is -0.137. The Labute approximate surface area is 233 Å². The van der Waals surface area contributed by atoms with Crippen molar-refractivity contribution < 1.29 is 18.0 Å². The van der Waals surface area contributed by atoms with Gasteiger partial charge in [-0.2, -0.15) is 18.3 Å². The molecule has 0 fully saturated rings. The van der Waals surface area contributed by atoms with Crippen molar-refractivity contribution in [2.75, 3.05) is 17.2 Å². The van der Waals surface area contributed by atoms with E-state index < -0.39 is 17.6 Å². The summed E-state index contributed by atoms with van der Waals surface area (Å²) in [6.07, 6.45) is -0.959. The predicted molar refractivity (Wildman–Crippen MR) is 149 cm³/mol. The number of hydrogen-bond acceptors (Lipinski definition) is 5. The number of rotatable bonds is 4. The molecule has 0 unspecified atom stereocenters. The molecule has 3 aromatic heterocycles. The van der Waals surface area contributed by atoms with Gasteiger partial charge < -0.3 is 16.0 Å². The molecule has 41 heavy (non-hydrogen) atoms. The third kappa shape index (κ3) is 5.50. The molecule has 8 nitrogen and oxygen atoms in total. The molecule has 3 N–H and O–H groups in total. The van der Waals surface area contributed by atoms with Gasteiger partial charge in [0.25, 0.3) is 5.91 Å². The average Bonchev–Trinajstić information content (AvgIpc) is 3.56. The van der Waals surface area contributed by atoms with E-state index in [1.165, 1.54) is 12.1 Å². The van der Waals surface area contributed by atoms with Gasteiger partial charge in [0.2, 0.25) is 0 Å². The number of fused-ring (bicyclic) bond motifs is 2. The maximum Gasteiger partial charge on any atom is 0.416 e. The lowest BCUT2D eigenvalue weighted by Crippen LogP contribution is -2.28. The minimum Gasteiger partial charge on any atom is -0.336 e. The highest BCUT2D eigenvalue weighted by Gasteiger charge is 2.30. The fourth-order valence-electron chi connectivity index (χ4n) is 4.60. The summed E-state index contributed by atoms with van der Waals surface area (Å²) in [4.78, 5) is 17.4. The summed E-state index contributed by atoms with van der Waals surface area (Å²) >= 11 is 0. The van der Waals surface area contributed by atoms with E-state index >= 15 is 0 Å². The van der Waals surface area contributed by atoms with Crippen LogP contribution in [0.4, 0.5) is 30.4 Å². The number of aromatic nitrogens is 4. The first kappa shape index (κ1) is 26.2. The molecule has 206 valence electrons. The Morgan fingerprint density at radius 2 is 1.95 bits per heavy atom. The van der Waals surface area contributed by atoms with Crippen molar-refractivity contribution in [3.05, 3.63) is 107 Å². The summed E-state index contributed by atoms with van der Waals surface area (Å²) in [5, 5.41) is 13.8. The van der Waals surface area contributed by atoms with Crippen molar-refractivity contribution in [3.63, 3.8) is 0 Å². The van der Waals surface area contributed by atoms with Gasteiger partial charge in [-0.15, -0.1) is 0 Å². The number of benzene rings is 2. The molecule has 11 heteroatoms. The van der Waals surface area contributed by atoms with Crippen LogP contribution in [0.2, 0.25) is 0 Å². The standard InChI is InChI=1S/C30H24F3N7O/c1-19-7-8-21(29(41)36-23-5-2-4-22(15-23)30(31,32)33)14-20(19)9-10-24-18-35-28-26(6-3-12-39(24)28)37-27-16-25-17-34-11-13-40(25)38-27/h2-8,12,14-16,18,34H,11,13,17H2,1H3,(H,36,41)(H,37,38). The number of amides is 1. The monoisotopic (exact) mass is 555 g/mol. The molecule has 1 aliphatic heterocycles. The summed E-state index contributed by atoms with van der Waals surface area (Å²) in [5.41, 5.74) is 4.20. The number of nitrogens with one attached hydrogen (secondary N) is 3. The van der Waals surface area contributed by atoms with Crippen LogP contribution in [-0.4, -0.2) is 31.6 Å². The Bertz CT molecular complexity index is 1820. The number of hydrogen-bond donors (Lipinski definition) is 3. The number of carbonyl (C=O) groups excluding carboxylic acids is 1. The summed E-state index contributed by atoms with van der Waals surface area (Å²) in [7, 11) is 0. The van der Waals surface area contributed by atoms with Crippen molar-refractivity contribution in [1.29, 1.82) is 0 Å². The number of aryl methyl sites for hydroxylation is 1. The number of pyridine rings is 1. The second kappa shape index (κ2) is 10.5. The number of halogens is 3. The number of carbonyl (C=O) groups is 1. The van der Waals surface area contributed by atoms with Crippen LogP contribution < -0.4 is 16.0 Å². The van der Waals surface area contributed by atoms with Gasteiger partial charge in [-0.05, 0) is 60.9 Å². The zero-order valence-corrected chi connectivity index (χ0v) is 21.9. The Kier molecular flexibility index (Phi) is 6.69. The van der Waals surface area contributed by atoms with Crippen molar-refractivity contribution in [1.82, 2.24) is 24.5 Å². The second-order valence-electron chi connectivity index (χ2n) is 9.62. The maximum atomic E-state index is 13.0. The SMILES string of the molecule is Cc1ccc(C(=O)Nc2cccc(C(F)(F)F)c2)cc1C#Cc1cnc2c(Nc3cc4n(n3)CCNC4)cccn12. The molecule has 1 aliphatic rings. The van der Waals surface area contributed by atoms with Crippen LogP contribution in [0.15, 0.2) is 73.1 Å². The second-order valence-corrected chi connectivity index (χ2v) is 9.62. The average molecular weight is 556 g/mol. The molecular weight excluding hydrogens is 531 g/mol. The summed E-state index contributed by atoms with van der Waals surface area (Å²) in [6.45, 7) is 4.34. The van der Waals surface area contributed by atoms with Crippen LogP contribution in [0, 0.1) is 18.8 Å². The molecule has 0 saturated carbocycles. The molecule has 0 atom stereocenters. The summed E-state index contributed by atoms with van der Waals surface area (Å²) < 4.78 is 43.0. The van der Waals surface area contributed by atoms with E-state index in [1.54, 1.807) is 24.4 Å². The molecular formula is C30H24F3N7O. The predicted octanol–water partition coefficient (Wildman–Crippen LogP) is 5.36. The van der Waals surface area contributed by atoms with E-state index in [0.717, 1.165) is 54.5 Å². The number of anilines is 3. The Balaban J connectivity index is 1.23. The van der Waals surface area contributed by atoms with Crippen LogP contribution in [-0.2, 0) is 19.3 Å². The van der Waals surface area contributed by atoms with Crippen molar-refractivity contribution >= 4 is 28.7 Å². The van der Waals surface area contributed by atoms with Gasteiger partial charge >= 0.3 is 6.18 Å². The van der Waals surface area contributed by atoms with Gasteiger partial charge in [-0.1, -0.05) is 18.1 Å². The molecule has 6 rings (SSSR count). The number of alkyl halides is 3. The van der Waals surface area contributed by atoms with Gasteiger partial charge in [-0.3, -0.25) is 13.9 Å². The van der Waals surface area contributed by atoms with Crippen LogP contribution in [0.1, 0.15) is 38.4 Å². The number of imidazole rings is 1. The fraction of sp³-hybridized carbons (Fsp3) is 0.167. The van der Waals surface area contributed by atoms with E-state index in [2.05, 4.69) is 37.9 Å². The van der Waals surface area contributed by atoms with Gasteiger partial charge in [0.05, 0.1) is 29.7 Å². The molecule has 0 spiro atoms. The van der Waals surface area contributed by atoms with E-state index in [-0.39, 0.29) is 11.3 Å².